The summed E-state index contributed by atoms with van der Waals surface area (Å²) >= 11 is 1.30. The minimum atomic E-state index is -0.203. The van der Waals surface area contributed by atoms with Gasteiger partial charge in [0, 0.05) is 11.1 Å². The van der Waals surface area contributed by atoms with Crippen LogP contribution < -0.4 is 16.4 Å². The Balaban J connectivity index is 2.89. The SMILES string of the molecule is CCC(C)(CC)NC(=O)c1sc(NC(C)(C)C)nc1N. The zero-order valence-corrected chi connectivity index (χ0v) is 14.1. The number of nitrogen functional groups attached to an aromatic ring is 1. The predicted molar refractivity (Wildman–Crippen MR) is 86.4 cm³/mol. The van der Waals surface area contributed by atoms with Crippen LogP contribution in [0.2, 0.25) is 0 Å². The fourth-order valence-electron chi connectivity index (χ4n) is 1.63. The lowest BCUT2D eigenvalue weighted by molar-refractivity contribution is 0.0906. The van der Waals surface area contributed by atoms with E-state index < -0.39 is 0 Å². The molecule has 0 aromatic carbocycles. The minimum absolute atomic E-state index is 0.112. The quantitative estimate of drug-likeness (QED) is 0.779. The Morgan fingerprint density at radius 2 is 1.80 bits per heavy atom. The van der Waals surface area contributed by atoms with Gasteiger partial charge < -0.3 is 16.4 Å². The summed E-state index contributed by atoms with van der Waals surface area (Å²) in [6.45, 7) is 12.3. The van der Waals surface area contributed by atoms with E-state index in [1.54, 1.807) is 0 Å². The Morgan fingerprint density at radius 3 is 2.25 bits per heavy atom. The van der Waals surface area contributed by atoms with Crippen LogP contribution in [0.4, 0.5) is 10.9 Å². The van der Waals surface area contributed by atoms with Crippen LogP contribution in [0.1, 0.15) is 64.1 Å². The van der Waals surface area contributed by atoms with E-state index >= 15 is 0 Å². The second kappa shape index (κ2) is 5.99. The molecule has 114 valence electrons. The first-order valence-corrected chi connectivity index (χ1v) is 7.79. The van der Waals surface area contributed by atoms with Crippen LogP contribution in [-0.4, -0.2) is 22.0 Å². The maximum atomic E-state index is 12.3. The summed E-state index contributed by atoms with van der Waals surface area (Å²) in [5.41, 5.74) is 5.55. The molecular formula is C14H26N4OS. The zero-order valence-electron chi connectivity index (χ0n) is 13.3. The second-order valence-corrected chi connectivity index (χ2v) is 7.33. The summed E-state index contributed by atoms with van der Waals surface area (Å²) in [6.07, 6.45) is 1.75. The van der Waals surface area contributed by atoms with Crippen molar-refractivity contribution in [3.05, 3.63) is 4.88 Å². The largest absolute Gasteiger partial charge is 0.382 e. The van der Waals surface area contributed by atoms with Crippen LogP contribution in [0.25, 0.3) is 0 Å². The first-order chi connectivity index (χ1) is 9.10. The van der Waals surface area contributed by atoms with Gasteiger partial charge >= 0.3 is 0 Å². The van der Waals surface area contributed by atoms with Crippen molar-refractivity contribution in [1.82, 2.24) is 10.3 Å². The second-order valence-electron chi connectivity index (χ2n) is 6.33. The molecule has 1 amide bonds. The lowest BCUT2D eigenvalue weighted by Gasteiger charge is -2.27. The third-order valence-corrected chi connectivity index (χ3v) is 4.30. The van der Waals surface area contributed by atoms with Crippen LogP contribution >= 0.6 is 11.3 Å². The highest BCUT2D eigenvalue weighted by molar-refractivity contribution is 7.18. The molecular weight excluding hydrogens is 272 g/mol. The average Bonchev–Trinajstić information content (AvgIpc) is 2.67. The van der Waals surface area contributed by atoms with Gasteiger partial charge in [-0.3, -0.25) is 4.79 Å². The third kappa shape index (κ3) is 4.37. The van der Waals surface area contributed by atoms with E-state index in [4.69, 9.17) is 5.73 Å². The maximum absolute atomic E-state index is 12.3. The standard InChI is InChI=1S/C14H26N4OS/c1-7-14(6,8-2)17-11(19)9-10(15)16-12(20-9)18-13(3,4)5/h7-8,15H2,1-6H3,(H,16,18)(H,17,19). The molecule has 0 bridgehead atoms. The molecule has 0 aliphatic heterocycles. The van der Waals surface area contributed by atoms with Crippen molar-refractivity contribution in [2.75, 3.05) is 11.1 Å². The number of hydrogen-bond donors (Lipinski definition) is 3. The van der Waals surface area contributed by atoms with Crippen LogP contribution in [-0.2, 0) is 0 Å². The van der Waals surface area contributed by atoms with Crippen molar-refractivity contribution >= 4 is 28.2 Å². The molecule has 0 fully saturated rings. The van der Waals surface area contributed by atoms with Gasteiger partial charge in [-0.1, -0.05) is 25.2 Å². The smallest absolute Gasteiger partial charge is 0.265 e. The molecule has 5 nitrogen and oxygen atoms in total. The number of carbonyl (C=O) groups excluding carboxylic acids is 1. The van der Waals surface area contributed by atoms with Crippen LogP contribution in [0, 0.1) is 0 Å². The molecule has 0 saturated heterocycles. The number of aromatic nitrogens is 1. The Hall–Kier alpha value is -1.30. The van der Waals surface area contributed by atoms with Crippen molar-refractivity contribution in [3.63, 3.8) is 0 Å². The van der Waals surface area contributed by atoms with Crippen molar-refractivity contribution in [2.24, 2.45) is 0 Å². The zero-order chi connectivity index (χ0) is 15.6. The van der Waals surface area contributed by atoms with Gasteiger partial charge in [-0.15, -0.1) is 0 Å². The van der Waals surface area contributed by atoms with Gasteiger partial charge in [0.25, 0.3) is 5.91 Å². The normalized spacial score (nSPS) is 12.3. The molecule has 6 heteroatoms. The van der Waals surface area contributed by atoms with Crippen molar-refractivity contribution < 1.29 is 4.79 Å². The molecule has 20 heavy (non-hydrogen) atoms. The number of nitrogens with zero attached hydrogens (tertiary/aromatic N) is 1. The fourth-order valence-corrected chi connectivity index (χ4v) is 2.62. The number of amides is 1. The number of carbonyl (C=O) groups is 1. The molecule has 1 rings (SSSR count). The molecule has 1 heterocycles. The molecule has 4 N–H and O–H groups in total. The molecule has 0 atom stereocenters. The van der Waals surface area contributed by atoms with Gasteiger partial charge in [0.05, 0.1) is 0 Å². The molecule has 0 radical (unpaired) electrons. The van der Waals surface area contributed by atoms with Crippen molar-refractivity contribution in [2.45, 2.75) is 65.5 Å². The van der Waals surface area contributed by atoms with E-state index in [9.17, 15) is 4.79 Å². The van der Waals surface area contributed by atoms with Crippen molar-refractivity contribution in [1.29, 1.82) is 0 Å². The summed E-state index contributed by atoms with van der Waals surface area (Å²) in [5, 5.41) is 6.96. The van der Waals surface area contributed by atoms with Gasteiger partial charge in [0.15, 0.2) is 5.13 Å². The third-order valence-electron chi connectivity index (χ3n) is 3.32. The first-order valence-electron chi connectivity index (χ1n) is 6.97. The van der Waals surface area contributed by atoms with E-state index in [0.29, 0.717) is 10.0 Å². The summed E-state index contributed by atoms with van der Waals surface area (Å²) in [4.78, 5) is 17.0. The number of anilines is 2. The summed E-state index contributed by atoms with van der Waals surface area (Å²) in [5.74, 6) is 0.141. The molecule has 0 aliphatic carbocycles. The number of nitrogens with two attached hydrogens (primary N) is 1. The molecule has 0 unspecified atom stereocenters. The Kier molecular flexibility index (Phi) is 5.02. The minimum Gasteiger partial charge on any atom is -0.382 e. The Labute approximate surface area is 125 Å². The lowest BCUT2D eigenvalue weighted by atomic mass is 9.95. The lowest BCUT2D eigenvalue weighted by Crippen LogP contribution is -2.44. The van der Waals surface area contributed by atoms with E-state index in [0.717, 1.165) is 12.8 Å². The number of thiazole rings is 1. The molecule has 0 aliphatic rings. The predicted octanol–water partition coefficient (Wildman–Crippen LogP) is 3.24. The first kappa shape index (κ1) is 16.8. The number of rotatable bonds is 5. The fraction of sp³-hybridized carbons (Fsp3) is 0.714. The van der Waals surface area contributed by atoms with E-state index in [2.05, 4.69) is 29.5 Å². The van der Waals surface area contributed by atoms with Crippen molar-refractivity contribution in [3.8, 4) is 0 Å². The van der Waals surface area contributed by atoms with Crippen LogP contribution in [0.15, 0.2) is 0 Å². The summed E-state index contributed by atoms with van der Waals surface area (Å²) < 4.78 is 0. The highest BCUT2D eigenvalue weighted by Crippen LogP contribution is 2.28. The molecule has 0 saturated carbocycles. The van der Waals surface area contributed by atoms with Gasteiger partial charge in [-0.2, -0.15) is 0 Å². The highest BCUT2D eigenvalue weighted by atomic mass is 32.1. The number of nitrogens with one attached hydrogen (secondary N) is 2. The number of hydrogen-bond acceptors (Lipinski definition) is 5. The summed E-state index contributed by atoms with van der Waals surface area (Å²) in [6, 6.07) is 0. The monoisotopic (exact) mass is 298 g/mol. The summed E-state index contributed by atoms with van der Waals surface area (Å²) in [7, 11) is 0. The molecule has 0 spiro atoms. The topological polar surface area (TPSA) is 80.0 Å². The van der Waals surface area contributed by atoms with Gasteiger partial charge in [-0.25, -0.2) is 4.98 Å². The van der Waals surface area contributed by atoms with E-state index in [1.165, 1.54) is 11.3 Å². The Bertz CT molecular complexity index is 472. The molecule has 1 aromatic rings. The van der Waals surface area contributed by atoms with Gasteiger partial charge in [0.1, 0.15) is 10.7 Å². The van der Waals surface area contributed by atoms with Crippen LogP contribution in [0.3, 0.4) is 0 Å². The highest BCUT2D eigenvalue weighted by Gasteiger charge is 2.26. The van der Waals surface area contributed by atoms with E-state index in [-0.39, 0.29) is 22.8 Å². The van der Waals surface area contributed by atoms with Crippen LogP contribution in [0.5, 0.6) is 0 Å². The van der Waals surface area contributed by atoms with Gasteiger partial charge in [-0.05, 0) is 40.5 Å². The van der Waals surface area contributed by atoms with E-state index in [1.807, 2.05) is 27.7 Å². The van der Waals surface area contributed by atoms with Gasteiger partial charge in [0.2, 0.25) is 0 Å². The maximum Gasteiger partial charge on any atom is 0.265 e. The Morgan fingerprint density at radius 1 is 1.25 bits per heavy atom. The average molecular weight is 298 g/mol. The molecule has 1 aromatic heterocycles.